The molecule has 0 spiro atoms. The summed E-state index contributed by atoms with van der Waals surface area (Å²) in [5.41, 5.74) is 1.88. The molecule has 0 unspecified atom stereocenters. The molecule has 3 rings (SSSR count). The van der Waals surface area contributed by atoms with Crippen LogP contribution in [-0.2, 0) is 6.54 Å². The van der Waals surface area contributed by atoms with Gasteiger partial charge in [-0.05, 0) is 37.1 Å². The van der Waals surface area contributed by atoms with Gasteiger partial charge in [0.1, 0.15) is 13.2 Å². The Labute approximate surface area is 159 Å². The lowest BCUT2D eigenvalue weighted by Gasteiger charge is -2.19. The molecule has 0 radical (unpaired) electrons. The molecule has 0 aliphatic carbocycles. The van der Waals surface area contributed by atoms with Crippen LogP contribution in [0.2, 0.25) is 5.02 Å². The van der Waals surface area contributed by atoms with Gasteiger partial charge < -0.3 is 24.3 Å². The highest BCUT2D eigenvalue weighted by Crippen LogP contribution is 2.35. The summed E-state index contributed by atoms with van der Waals surface area (Å²) in [6, 6.07) is 9.56. The van der Waals surface area contributed by atoms with E-state index in [1.807, 2.05) is 37.3 Å². The molecule has 0 saturated carbocycles. The fourth-order valence-electron chi connectivity index (χ4n) is 2.66. The fourth-order valence-corrected chi connectivity index (χ4v) is 2.88. The lowest BCUT2D eigenvalue weighted by atomic mass is 10.2. The second-order valence-corrected chi connectivity index (χ2v) is 6.29. The second-order valence-electron chi connectivity index (χ2n) is 5.88. The van der Waals surface area contributed by atoms with Crippen LogP contribution in [0.5, 0.6) is 23.0 Å². The molecule has 2 aromatic rings. The molecule has 0 saturated heterocycles. The Bertz CT molecular complexity index is 751. The van der Waals surface area contributed by atoms with E-state index in [1.165, 1.54) is 0 Å². The molecule has 0 bridgehead atoms. The standard InChI is InChI=1S/C20H24ClNO4/c1-3-7-24-20-12-16(21)14(10-18(20)23-4-2)13-22-15-5-6-17-19(11-15)26-9-8-25-17/h5-6,10-12,22H,3-4,7-9,13H2,1-2H3. The molecule has 0 amide bonds. The minimum absolute atomic E-state index is 0.562. The average Bonchev–Trinajstić information content (AvgIpc) is 2.66. The highest BCUT2D eigenvalue weighted by Gasteiger charge is 2.13. The molecule has 0 fully saturated rings. The zero-order valence-corrected chi connectivity index (χ0v) is 15.9. The third-order valence-corrected chi connectivity index (χ3v) is 4.25. The number of anilines is 1. The third-order valence-electron chi connectivity index (χ3n) is 3.90. The summed E-state index contributed by atoms with van der Waals surface area (Å²) in [5, 5.41) is 4.01. The molecule has 140 valence electrons. The van der Waals surface area contributed by atoms with E-state index < -0.39 is 0 Å². The molecule has 5 nitrogen and oxygen atoms in total. The van der Waals surface area contributed by atoms with Crippen molar-refractivity contribution < 1.29 is 18.9 Å². The zero-order valence-electron chi connectivity index (χ0n) is 15.1. The van der Waals surface area contributed by atoms with E-state index in [-0.39, 0.29) is 0 Å². The zero-order chi connectivity index (χ0) is 18.4. The molecule has 26 heavy (non-hydrogen) atoms. The predicted molar refractivity (Wildman–Crippen MR) is 103 cm³/mol. The molecule has 1 N–H and O–H groups in total. The lowest BCUT2D eigenvalue weighted by Crippen LogP contribution is -2.15. The number of halogens is 1. The summed E-state index contributed by atoms with van der Waals surface area (Å²) in [6.07, 6.45) is 0.927. The first kappa shape index (κ1) is 18.5. The maximum Gasteiger partial charge on any atom is 0.163 e. The summed E-state index contributed by atoms with van der Waals surface area (Å²) >= 11 is 6.44. The first-order valence-electron chi connectivity index (χ1n) is 8.92. The monoisotopic (exact) mass is 377 g/mol. The van der Waals surface area contributed by atoms with Crippen molar-refractivity contribution in [2.75, 3.05) is 31.7 Å². The van der Waals surface area contributed by atoms with Gasteiger partial charge in [0.2, 0.25) is 0 Å². The smallest absolute Gasteiger partial charge is 0.163 e. The number of benzene rings is 2. The number of fused-ring (bicyclic) bond motifs is 1. The molecule has 6 heteroatoms. The van der Waals surface area contributed by atoms with Crippen LogP contribution in [0, 0.1) is 0 Å². The molecular weight excluding hydrogens is 354 g/mol. The maximum absolute atomic E-state index is 6.44. The van der Waals surface area contributed by atoms with Gasteiger partial charge in [0.15, 0.2) is 23.0 Å². The molecule has 1 heterocycles. The Morgan fingerprint density at radius 2 is 1.77 bits per heavy atom. The minimum atomic E-state index is 0.562. The van der Waals surface area contributed by atoms with Crippen molar-refractivity contribution in [2.45, 2.75) is 26.8 Å². The van der Waals surface area contributed by atoms with Crippen LogP contribution in [-0.4, -0.2) is 26.4 Å². The SMILES string of the molecule is CCCOc1cc(Cl)c(CNc2ccc3c(c2)OCCO3)cc1OCC. The molecule has 0 aromatic heterocycles. The minimum Gasteiger partial charge on any atom is -0.490 e. The Morgan fingerprint density at radius 1 is 1.00 bits per heavy atom. The Balaban J connectivity index is 1.73. The maximum atomic E-state index is 6.44. The van der Waals surface area contributed by atoms with E-state index in [0.717, 1.165) is 29.2 Å². The summed E-state index contributed by atoms with van der Waals surface area (Å²) in [7, 11) is 0. The molecule has 1 aliphatic heterocycles. The number of rotatable bonds is 8. The predicted octanol–water partition coefficient (Wildman–Crippen LogP) is 4.91. The van der Waals surface area contributed by atoms with Crippen molar-refractivity contribution in [3.8, 4) is 23.0 Å². The molecule has 2 aromatic carbocycles. The van der Waals surface area contributed by atoms with Gasteiger partial charge in [0.25, 0.3) is 0 Å². The highest BCUT2D eigenvalue weighted by atomic mass is 35.5. The molecule has 1 aliphatic rings. The summed E-state index contributed by atoms with van der Waals surface area (Å²) in [5.74, 6) is 2.92. The fraction of sp³-hybridized carbons (Fsp3) is 0.400. The lowest BCUT2D eigenvalue weighted by molar-refractivity contribution is 0.171. The topological polar surface area (TPSA) is 49.0 Å². The van der Waals surface area contributed by atoms with Gasteiger partial charge in [-0.25, -0.2) is 0 Å². The van der Waals surface area contributed by atoms with E-state index >= 15 is 0 Å². The van der Waals surface area contributed by atoms with Crippen LogP contribution in [0.4, 0.5) is 5.69 Å². The van der Waals surface area contributed by atoms with E-state index in [1.54, 1.807) is 0 Å². The number of hydrogen-bond acceptors (Lipinski definition) is 5. The first-order chi connectivity index (χ1) is 12.7. The Kier molecular flexibility index (Phi) is 6.34. The van der Waals surface area contributed by atoms with Gasteiger partial charge >= 0.3 is 0 Å². The van der Waals surface area contributed by atoms with E-state index in [9.17, 15) is 0 Å². The van der Waals surface area contributed by atoms with Crippen molar-refractivity contribution in [2.24, 2.45) is 0 Å². The normalized spacial score (nSPS) is 12.6. The van der Waals surface area contributed by atoms with Crippen LogP contribution in [0.15, 0.2) is 30.3 Å². The van der Waals surface area contributed by atoms with Crippen molar-refractivity contribution in [1.29, 1.82) is 0 Å². The Hall–Kier alpha value is -2.27. The van der Waals surface area contributed by atoms with Gasteiger partial charge in [-0.1, -0.05) is 18.5 Å². The Morgan fingerprint density at radius 3 is 2.54 bits per heavy atom. The van der Waals surface area contributed by atoms with Gasteiger partial charge in [0.05, 0.1) is 13.2 Å². The average molecular weight is 378 g/mol. The number of ether oxygens (including phenoxy) is 4. The number of hydrogen-bond donors (Lipinski definition) is 1. The van der Waals surface area contributed by atoms with E-state index in [2.05, 4.69) is 12.2 Å². The van der Waals surface area contributed by atoms with Gasteiger partial charge in [-0.3, -0.25) is 0 Å². The second kappa shape index (κ2) is 8.90. The van der Waals surface area contributed by atoms with Crippen LogP contribution in [0.1, 0.15) is 25.8 Å². The summed E-state index contributed by atoms with van der Waals surface area (Å²) in [4.78, 5) is 0. The van der Waals surface area contributed by atoms with Crippen LogP contribution >= 0.6 is 11.6 Å². The summed E-state index contributed by atoms with van der Waals surface area (Å²) < 4.78 is 22.6. The van der Waals surface area contributed by atoms with Crippen molar-refractivity contribution in [3.05, 3.63) is 40.9 Å². The molecule has 0 atom stereocenters. The third kappa shape index (κ3) is 4.47. The highest BCUT2D eigenvalue weighted by molar-refractivity contribution is 6.31. The van der Waals surface area contributed by atoms with Gasteiger partial charge in [-0.2, -0.15) is 0 Å². The van der Waals surface area contributed by atoms with Gasteiger partial charge in [-0.15, -0.1) is 0 Å². The van der Waals surface area contributed by atoms with Crippen LogP contribution in [0.3, 0.4) is 0 Å². The van der Waals surface area contributed by atoms with Crippen molar-refractivity contribution in [3.63, 3.8) is 0 Å². The summed E-state index contributed by atoms with van der Waals surface area (Å²) in [6.45, 7) is 6.93. The molecular formula is C20H24ClNO4. The van der Waals surface area contributed by atoms with Crippen LogP contribution in [0.25, 0.3) is 0 Å². The van der Waals surface area contributed by atoms with Gasteiger partial charge in [0, 0.05) is 29.4 Å². The van der Waals surface area contributed by atoms with E-state index in [0.29, 0.717) is 49.5 Å². The first-order valence-corrected chi connectivity index (χ1v) is 9.30. The quantitative estimate of drug-likeness (QED) is 0.708. The largest absolute Gasteiger partial charge is 0.490 e. The van der Waals surface area contributed by atoms with Crippen molar-refractivity contribution in [1.82, 2.24) is 0 Å². The number of nitrogens with one attached hydrogen (secondary N) is 1. The van der Waals surface area contributed by atoms with Crippen molar-refractivity contribution >= 4 is 17.3 Å². The van der Waals surface area contributed by atoms with E-state index in [4.69, 9.17) is 30.5 Å². The van der Waals surface area contributed by atoms with Crippen LogP contribution < -0.4 is 24.3 Å².